The van der Waals surface area contributed by atoms with Crippen LogP contribution in [0.2, 0.25) is 0 Å². The van der Waals surface area contributed by atoms with E-state index in [0.29, 0.717) is 17.3 Å². The summed E-state index contributed by atoms with van der Waals surface area (Å²) in [5.41, 5.74) is 10.2. The number of aryl methyl sites for hydroxylation is 1. The fraction of sp³-hybridized carbons (Fsp3) is 0.0909. The summed E-state index contributed by atoms with van der Waals surface area (Å²) in [5, 5.41) is 3.37. The lowest BCUT2D eigenvalue weighted by molar-refractivity contribution is 0.414. The first-order valence-electron chi connectivity index (χ1n) is 9.08. The molecule has 0 spiro atoms. The summed E-state index contributed by atoms with van der Waals surface area (Å²) in [7, 11) is 1.66. The number of methoxy groups -OCH3 is 1. The minimum absolute atomic E-state index is 0.632. The van der Waals surface area contributed by atoms with Gasteiger partial charge in [-0.15, -0.1) is 0 Å². The number of rotatable bonds is 6. The molecule has 0 aliphatic rings. The molecular formula is C22H21N5OS. The Hall–Kier alpha value is -3.45. The predicted octanol–water partition coefficient (Wildman–Crippen LogP) is 5.39. The van der Waals surface area contributed by atoms with Gasteiger partial charge < -0.3 is 20.5 Å². The van der Waals surface area contributed by atoms with Gasteiger partial charge in [0.2, 0.25) is 0 Å². The van der Waals surface area contributed by atoms with Crippen molar-refractivity contribution in [2.45, 2.75) is 11.8 Å². The molecule has 0 aliphatic heterocycles. The molecule has 0 saturated carbocycles. The zero-order chi connectivity index (χ0) is 20.2. The molecule has 0 fully saturated rings. The van der Waals surface area contributed by atoms with Crippen LogP contribution in [0.5, 0.6) is 5.75 Å². The molecule has 4 N–H and O–H groups in total. The van der Waals surface area contributed by atoms with E-state index >= 15 is 0 Å². The van der Waals surface area contributed by atoms with E-state index in [9.17, 15) is 0 Å². The molecule has 4 rings (SSSR count). The van der Waals surface area contributed by atoms with Crippen molar-refractivity contribution >= 4 is 46.0 Å². The van der Waals surface area contributed by atoms with Gasteiger partial charge in [0, 0.05) is 22.3 Å². The van der Waals surface area contributed by atoms with Gasteiger partial charge in [-0.25, -0.2) is 9.97 Å². The SMILES string of the molecule is COc1cc(C)cc(Nc2nc3ccccc3nc2NSc2cccc(N)c2)c1. The van der Waals surface area contributed by atoms with Crippen LogP contribution in [-0.4, -0.2) is 17.1 Å². The van der Waals surface area contributed by atoms with Crippen LogP contribution in [0.25, 0.3) is 11.0 Å². The summed E-state index contributed by atoms with van der Waals surface area (Å²) >= 11 is 1.43. The molecule has 0 atom stereocenters. The monoisotopic (exact) mass is 403 g/mol. The van der Waals surface area contributed by atoms with Crippen LogP contribution in [0.1, 0.15) is 5.56 Å². The summed E-state index contributed by atoms with van der Waals surface area (Å²) in [4.78, 5) is 10.5. The highest BCUT2D eigenvalue weighted by Gasteiger charge is 2.11. The van der Waals surface area contributed by atoms with Crippen LogP contribution in [0.15, 0.2) is 71.6 Å². The number of ether oxygens (including phenoxy) is 1. The normalized spacial score (nSPS) is 10.7. The first kappa shape index (κ1) is 18.9. The molecule has 0 amide bonds. The van der Waals surface area contributed by atoms with Crippen LogP contribution < -0.4 is 20.5 Å². The van der Waals surface area contributed by atoms with Crippen LogP contribution in [-0.2, 0) is 0 Å². The summed E-state index contributed by atoms with van der Waals surface area (Å²) < 4.78 is 8.69. The Kier molecular flexibility index (Phi) is 5.39. The van der Waals surface area contributed by atoms with Gasteiger partial charge in [-0.05, 0) is 66.9 Å². The van der Waals surface area contributed by atoms with Crippen molar-refractivity contribution < 1.29 is 4.74 Å². The van der Waals surface area contributed by atoms with E-state index in [1.54, 1.807) is 7.11 Å². The number of anilines is 4. The third-order valence-electron chi connectivity index (χ3n) is 4.24. The fourth-order valence-corrected chi connectivity index (χ4v) is 3.62. The van der Waals surface area contributed by atoms with Crippen LogP contribution in [0.3, 0.4) is 0 Å². The van der Waals surface area contributed by atoms with Crippen LogP contribution in [0, 0.1) is 6.92 Å². The summed E-state index contributed by atoms with van der Waals surface area (Å²) in [5.74, 6) is 2.05. The van der Waals surface area contributed by atoms with E-state index in [1.807, 2.05) is 73.7 Å². The molecule has 3 aromatic carbocycles. The Morgan fingerprint density at radius 3 is 2.38 bits per heavy atom. The molecule has 7 heteroatoms. The number of nitrogens with two attached hydrogens (primary N) is 1. The number of nitrogens with one attached hydrogen (secondary N) is 2. The minimum atomic E-state index is 0.632. The van der Waals surface area contributed by atoms with Crippen molar-refractivity contribution in [2.75, 3.05) is 22.9 Å². The van der Waals surface area contributed by atoms with Crippen molar-refractivity contribution in [2.24, 2.45) is 0 Å². The average Bonchev–Trinajstić information content (AvgIpc) is 2.72. The molecule has 1 heterocycles. The number of nitrogens with zero attached hydrogens (tertiary/aromatic N) is 2. The molecule has 0 aliphatic carbocycles. The first-order chi connectivity index (χ1) is 14.1. The maximum atomic E-state index is 5.88. The maximum absolute atomic E-state index is 5.88. The van der Waals surface area contributed by atoms with E-state index in [0.717, 1.165) is 32.9 Å². The molecule has 0 unspecified atom stereocenters. The Labute approximate surface area is 173 Å². The smallest absolute Gasteiger partial charge is 0.180 e. The molecule has 4 aromatic rings. The standard InChI is InChI=1S/C22H21N5OS/c1-14-10-16(13-17(11-14)28-2)24-21-22(26-20-9-4-3-8-19(20)25-21)27-29-18-7-5-6-15(23)12-18/h3-13H,23H2,1-2H3,(H,24,25)(H,26,27). The number of aromatic nitrogens is 2. The summed E-state index contributed by atoms with van der Waals surface area (Å²) in [6.07, 6.45) is 0. The van der Waals surface area contributed by atoms with Gasteiger partial charge in [-0.1, -0.05) is 18.2 Å². The first-order valence-corrected chi connectivity index (χ1v) is 9.90. The van der Waals surface area contributed by atoms with Gasteiger partial charge in [-0.2, -0.15) is 0 Å². The van der Waals surface area contributed by atoms with Gasteiger partial charge in [0.15, 0.2) is 11.6 Å². The van der Waals surface area contributed by atoms with Gasteiger partial charge in [-0.3, -0.25) is 0 Å². The number of nitrogen functional groups attached to an aromatic ring is 1. The molecule has 0 radical (unpaired) electrons. The Morgan fingerprint density at radius 1 is 0.897 bits per heavy atom. The number of fused-ring (bicyclic) bond motifs is 1. The Morgan fingerprint density at radius 2 is 1.66 bits per heavy atom. The highest BCUT2D eigenvalue weighted by molar-refractivity contribution is 8.00. The number of benzene rings is 3. The third kappa shape index (κ3) is 4.52. The van der Waals surface area contributed by atoms with Crippen LogP contribution in [0.4, 0.5) is 23.0 Å². The largest absolute Gasteiger partial charge is 0.497 e. The molecule has 29 heavy (non-hydrogen) atoms. The fourth-order valence-electron chi connectivity index (χ4n) is 2.92. The lowest BCUT2D eigenvalue weighted by atomic mass is 10.2. The quantitative estimate of drug-likeness (QED) is 0.294. The Balaban J connectivity index is 1.69. The number of para-hydroxylation sites is 2. The molecular weight excluding hydrogens is 382 g/mol. The molecule has 6 nitrogen and oxygen atoms in total. The van der Waals surface area contributed by atoms with E-state index in [2.05, 4.69) is 10.0 Å². The van der Waals surface area contributed by atoms with Gasteiger partial charge >= 0.3 is 0 Å². The predicted molar refractivity (Wildman–Crippen MR) is 121 cm³/mol. The zero-order valence-electron chi connectivity index (χ0n) is 16.1. The molecule has 146 valence electrons. The van der Waals surface area contributed by atoms with E-state index < -0.39 is 0 Å². The van der Waals surface area contributed by atoms with Crippen molar-refractivity contribution in [1.82, 2.24) is 9.97 Å². The average molecular weight is 404 g/mol. The van der Waals surface area contributed by atoms with Gasteiger partial charge in [0.05, 0.1) is 18.1 Å². The van der Waals surface area contributed by atoms with Gasteiger partial charge in [0.1, 0.15) is 5.75 Å². The second kappa shape index (κ2) is 8.28. The second-order valence-electron chi connectivity index (χ2n) is 6.55. The lowest BCUT2D eigenvalue weighted by Gasteiger charge is -2.14. The number of hydrogen-bond donors (Lipinski definition) is 3. The van der Waals surface area contributed by atoms with Crippen molar-refractivity contribution in [3.63, 3.8) is 0 Å². The van der Waals surface area contributed by atoms with Crippen molar-refractivity contribution in [1.29, 1.82) is 0 Å². The van der Waals surface area contributed by atoms with E-state index in [1.165, 1.54) is 11.9 Å². The second-order valence-corrected chi connectivity index (χ2v) is 7.43. The molecule has 1 aromatic heterocycles. The highest BCUT2D eigenvalue weighted by atomic mass is 32.2. The molecule has 0 saturated heterocycles. The summed E-state index contributed by atoms with van der Waals surface area (Å²) in [6, 6.07) is 21.4. The van der Waals surface area contributed by atoms with Crippen LogP contribution >= 0.6 is 11.9 Å². The van der Waals surface area contributed by atoms with E-state index in [-0.39, 0.29) is 0 Å². The number of hydrogen-bond acceptors (Lipinski definition) is 7. The molecule has 0 bridgehead atoms. The summed E-state index contributed by atoms with van der Waals surface area (Å²) in [6.45, 7) is 2.02. The topological polar surface area (TPSA) is 85.1 Å². The third-order valence-corrected chi connectivity index (χ3v) is 5.03. The Bertz CT molecular complexity index is 1160. The van der Waals surface area contributed by atoms with E-state index in [4.69, 9.17) is 20.4 Å². The maximum Gasteiger partial charge on any atom is 0.180 e. The van der Waals surface area contributed by atoms with Crippen molar-refractivity contribution in [3.8, 4) is 5.75 Å². The minimum Gasteiger partial charge on any atom is -0.497 e. The van der Waals surface area contributed by atoms with Crippen molar-refractivity contribution in [3.05, 3.63) is 72.3 Å². The zero-order valence-corrected chi connectivity index (χ0v) is 17.0. The highest BCUT2D eigenvalue weighted by Crippen LogP contribution is 2.31. The lowest BCUT2D eigenvalue weighted by Crippen LogP contribution is -2.02. The van der Waals surface area contributed by atoms with Gasteiger partial charge in [0.25, 0.3) is 0 Å².